The van der Waals surface area contributed by atoms with Crippen molar-refractivity contribution in [2.75, 3.05) is 11.9 Å². The number of carbonyl (C=O) groups excluding carboxylic acids is 1. The third-order valence-electron chi connectivity index (χ3n) is 4.81. The van der Waals surface area contributed by atoms with E-state index in [1.54, 1.807) is 30.5 Å². The molecule has 0 spiro atoms. The minimum atomic E-state index is -0.277. The van der Waals surface area contributed by atoms with E-state index < -0.39 is 0 Å². The smallest absolute Gasteiger partial charge is 0.294 e. The lowest BCUT2D eigenvalue weighted by atomic mass is 10.2. The lowest BCUT2D eigenvalue weighted by molar-refractivity contribution is 0.0951. The molecule has 4 rings (SSSR count). The molecule has 0 unspecified atom stereocenters. The van der Waals surface area contributed by atoms with Crippen molar-refractivity contribution < 1.29 is 9.53 Å². The van der Waals surface area contributed by atoms with Gasteiger partial charge in [-0.05, 0) is 49.6 Å². The molecule has 0 bridgehead atoms. The van der Waals surface area contributed by atoms with Crippen LogP contribution in [0.1, 0.15) is 35.7 Å². The van der Waals surface area contributed by atoms with E-state index in [-0.39, 0.29) is 11.5 Å². The largest absolute Gasteiger partial charge is 0.490 e. The van der Waals surface area contributed by atoms with Gasteiger partial charge in [0.05, 0.1) is 19.3 Å². The van der Waals surface area contributed by atoms with Crippen LogP contribution < -0.4 is 20.9 Å². The van der Waals surface area contributed by atoms with E-state index >= 15 is 0 Å². The number of hydrogen-bond acceptors (Lipinski definition) is 5. The normalized spacial score (nSPS) is 13.0. The average Bonchev–Trinajstić information content (AvgIpc) is 3.58. The Bertz CT molecular complexity index is 1070. The number of rotatable bonds is 8. The van der Waals surface area contributed by atoms with Gasteiger partial charge in [-0.1, -0.05) is 30.3 Å². The van der Waals surface area contributed by atoms with E-state index in [0.717, 1.165) is 18.4 Å². The van der Waals surface area contributed by atoms with Gasteiger partial charge < -0.3 is 15.4 Å². The molecule has 0 atom stereocenters. The Kier molecular flexibility index (Phi) is 5.79. The molecule has 30 heavy (non-hydrogen) atoms. The number of carbonyl (C=O) groups is 1. The molecule has 154 valence electrons. The van der Waals surface area contributed by atoms with Crippen LogP contribution >= 0.6 is 0 Å². The Hall–Kier alpha value is -3.61. The van der Waals surface area contributed by atoms with Crippen molar-refractivity contribution in [3.05, 3.63) is 82.3 Å². The second kappa shape index (κ2) is 8.82. The van der Waals surface area contributed by atoms with Crippen molar-refractivity contribution in [3.63, 3.8) is 0 Å². The summed E-state index contributed by atoms with van der Waals surface area (Å²) in [5.41, 5.74) is 2.30. The molecule has 2 N–H and O–H groups in total. The zero-order chi connectivity index (χ0) is 20.9. The Morgan fingerprint density at radius 3 is 2.53 bits per heavy atom. The van der Waals surface area contributed by atoms with E-state index in [2.05, 4.69) is 15.7 Å². The highest BCUT2D eigenvalue weighted by Crippen LogP contribution is 2.24. The molecular weight excluding hydrogens is 380 g/mol. The molecule has 7 nitrogen and oxygen atoms in total. The van der Waals surface area contributed by atoms with Gasteiger partial charge in [-0.3, -0.25) is 9.59 Å². The molecule has 7 heteroatoms. The van der Waals surface area contributed by atoms with Crippen LogP contribution in [-0.4, -0.2) is 28.3 Å². The van der Waals surface area contributed by atoms with Crippen LogP contribution in [0.3, 0.4) is 0 Å². The lowest BCUT2D eigenvalue weighted by Gasteiger charge is -2.14. The van der Waals surface area contributed by atoms with Crippen molar-refractivity contribution in [1.29, 1.82) is 0 Å². The maximum atomic E-state index is 13.1. The monoisotopic (exact) mass is 404 g/mol. The van der Waals surface area contributed by atoms with E-state index in [1.165, 1.54) is 4.68 Å². The number of nitrogens with one attached hydrogen (secondary N) is 2. The van der Waals surface area contributed by atoms with Gasteiger partial charge in [0, 0.05) is 17.3 Å². The zero-order valence-corrected chi connectivity index (χ0v) is 16.8. The third-order valence-corrected chi connectivity index (χ3v) is 4.81. The van der Waals surface area contributed by atoms with Crippen molar-refractivity contribution in [2.45, 2.75) is 32.4 Å². The first-order chi connectivity index (χ1) is 14.6. The molecule has 1 aliphatic rings. The summed E-state index contributed by atoms with van der Waals surface area (Å²) < 4.78 is 7.01. The minimum Gasteiger partial charge on any atom is -0.490 e. The summed E-state index contributed by atoms with van der Waals surface area (Å²) >= 11 is 0. The molecule has 1 aromatic heterocycles. The molecule has 0 aliphatic heterocycles. The summed E-state index contributed by atoms with van der Waals surface area (Å²) in [5, 5.41) is 10.4. The van der Waals surface area contributed by atoms with Gasteiger partial charge in [0.1, 0.15) is 0 Å². The topological polar surface area (TPSA) is 85.2 Å². The minimum absolute atomic E-state index is 0.0758. The number of nitrogens with zero attached hydrogens (tertiary/aromatic N) is 2. The molecule has 1 amide bonds. The molecule has 1 heterocycles. The fraction of sp³-hybridized carbons (Fsp3) is 0.261. The first-order valence-corrected chi connectivity index (χ1v) is 10.1. The Balaban J connectivity index is 1.57. The third kappa shape index (κ3) is 4.68. The highest BCUT2D eigenvalue weighted by molar-refractivity contribution is 5.95. The van der Waals surface area contributed by atoms with Gasteiger partial charge in [-0.25, -0.2) is 4.68 Å². The Morgan fingerprint density at radius 1 is 1.13 bits per heavy atom. The van der Waals surface area contributed by atoms with Gasteiger partial charge in [0.25, 0.3) is 11.5 Å². The van der Waals surface area contributed by atoms with Crippen molar-refractivity contribution in [3.8, 4) is 5.75 Å². The van der Waals surface area contributed by atoms with Crippen LogP contribution in [0.5, 0.6) is 5.75 Å². The van der Waals surface area contributed by atoms with Crippen molar-refractivity contribution in [1.82, 2.24) is 15.1 Å². The number of hydrogen-bond donors (Lipinski definition) is 2. The molecule has 0 radical (unpaired) electrons. The fourth-order valence-electron chi connectivity index (χ4n) is 3.07. The Morgan fingerprint density at radius 2 is 1.87 bits per heavy atom. The second-order valence-electron chi connectivity index (χ2n) is 7.22. The van der Waals surface area contributed by atoms with Gasteiger partial charge in [-0.15, -0.1) is 0 Å². The predicted octanol–water partition coefficient (Wildman–Crippen LogP) is 3.33. The number of benzene rings is 2. The molecule has 2 aromatic carbocycles. The first kappa shape index (κ1) is 19.7. The molecule has 1 saturated carbocycles. The SMILES string of the molecule is CCOc1cnn(Cc2ccccc2)c(=O)c1Nc1ccc(C(=O)NC2CC2)cc1. The van der Waals surface area contributed by atoms with Crippen LogP contribution in [0.25, 0.3) is 0 Å². The van der Waals surface area contributed by atoms with Crippen LogP contribution in [0, 0.1) is 0 Å². The standard InChI is InChI=1S/C23H24N4O3/c1-2-30-20-14-24-27(15-16-6-4-3-5-7-16)23(29)21(20)25-18-10-8-17(9-11-18)22(28)26-19-12-13-19/h3-11,14,19,25H,2,12-13,15H2,1H3,(H,26,28). The summed E-state index contributed by atoms with van der Waals surface area (Å²) in [6.45, 7) is 2.63. The number of amides is 1. The van der Waals surface area contributed by atoms with Gasteiger partial charge >= 0.3 is 0 Å². The number of aromatic nitrogens is 2. The summed E-state index contributed by atoms with van der Waals surface area (Å²) in [6.07, 6.45) is 3.64. The average molecular weight is 404 g/mol. The summed E-state index contributed by atoms with van der Waals surface area (Å²) in [7, 11) is 0. The van der Waals surface area contributed by atoms with E-state index in [4.69, 9.17) is 4.74 Å². The van der Waals surface area contributed by atoms with Crippen LogP contribution in [0.15, 0.2) is 65.6 Å². The van der Waals surface area contributed by atoms with Crippen molar-refractivity contribution >= 4 is 17.3 Å². The first-order valence-electron chi connectivity index (χ1n) is 10.1. The van der Waals surface area contributed by atoms with Crippen molar-refractivity contribution in [2.24, 2.45) is 0 Å². The molecule has 1 aliphatic carbocycles. The predicted molar refractivity (Wildman–Crippen MR) is 115 cm³/mol. The fourth-order valence-corrected chi connectivity index (χ4v) is 3.07. The highest BCUT2D eigenvalue weighted by Gasteiger charge is 2.23. The van der Waals surface area contributed by atoms with E-state index in [0.29, 0.717) is 41.9 Å². The quantitative estimate of drug-likeness (QED) is 0.602. The van der Waals surface area contributed by atoms with Gasteiger partial charge in [0.15, 0.2) is 11.4 Å². The maximum Gasteiger partial charge on any atom is 0.294 e. The number of anilines is 2. The second-order valence-corrected chi connectivity index (χ2v) is 7.22. The molecular formula is C23H24N4O3. The number of ether oxygens (including phenoxy) is 1. The molecule has 0 saturated heterocycles. The van der Waals surface area contributed by atoms with E-state index in [1.807, 2.05) is 37.3 Å². The van der Waals surface area contributed by atoms with Gasteiger partial charge in [-0.2, -0.15) is 5.10 Å². The zero-order valence-electron chi connectivity index (χ0n) is 16.8. The van der Waals surface area contributed by atoms with Crippen LogP contribution in [0.2, 0.25) is 0 Å². The van der Waals surface area contributed by atoms with Gasteiger partial charge in [0.2, 0.25) is 0 Å². The lowest BCUT2D eigenvalue weighted by Crippen LogP contribution is -2.26. The molecule has 1 fully saturated rings. The van der Waals surface area contributed by atoms with E-state index in [9.17, 15) is 9.59 Å². The Labute approximate surface area is 174 Å². The highest BCUT2D eigenvalue weighted by atomic mass is 16.5. The summed E-state index contributed by atoms with van der Waals surface area (Å²) in [4.78, 5) is 25.2. The maximum absolute atomic E-state index is 13.1. The summed E-state index contributed by atoms with van der Waals surface area (Å²) in [5.74, 6) is 0.315. The molecule has 3 aromatic rings. The van der Waals surface area contributed by atoms with Crippen LogP contribution in [-0.2, 0) is 6.54 Å². The van der Waals surface area contributed by atoms with Crippen LogP contribution in [0.4, 0.5) is 11.4 Å². The summed E-state index contributed by atoms with van der Waals surface area (Å²) in [6, 6.07) is 17.0.